The molecule has 0 spiro atoms. The van der Waals surface area contributed by atoms with Crippen molar-refractivity contribution < 1.29 is 23.1 Å². The maximum absolute atomic E-state index is 12.9. The van der Waals surface area contributed by atoms with Crippen LogP contribution in [0.15, 0.2) is 65.4 Å². The first-order valence-corrected chi connectivity index (χ1v) is 9.11. The first kappa shape index (κ1) is 18.7. The number of nitrogens with one attached hydrogen (secondary N) is 1. The minimum absolute atomic E-state index is 0.103. The van der Waals surface area contributed by atoms with E-state index in [0.29, 0.717) is 24.5 Å². The summed E-state index contributed by atoms with van der Waals surface area (Å²) in [5, 5.41) is 2.55. The molecular formula is C21H18FN3O4. The van der Waals surface area contributed by atoms with Crippen molar-refractivity contribution in [2.45, 2.75) is 12.3 Å². The number of ether oxygens (including phenoxy) is 1. The fourth-order valence-corrected chi connectivity index (χ4v) is 3.17. The van der Waals surface area contributed by atoms with Crippen LogP contribution in [0.1, 0.15) is 18.1 Å². The number of rotatable bonds is 4. The lowest BCUT2D eigenvalue weighted by Gasteiger charge is -2.15. The van der Waals surface area contributed by atoms with E-state index in [1.807, 2.05) is 12.1 Å². The molecule has 1 aromatic carbocycles. The van der Waals surface area contributed by atoms with Gasteiger partial charge < -0.3 is 19.4 Å². The lowest BCUT2D eigenvalue weighted by molar-refractivity contribution is -0.142. The molecule has 1 N–H and O–H groups in total. The highest BCUT2D eigenvalue weighted by molar-refractivity contribution is 6.39. The summed E-state index contributed by atoms with van der Waals surface area (Å²) in [7, 11) is 0. The Bertz CT molecular complexity index is 988. The van der Waals surface area contributed by atoms with Crippen molar-refractivity contribution >= 4 is 17.5 Å². The standard InChI is InChI=1S/C21H18FN3O4/c22-15-3-6-17(7-4-15)29-19-8-5-16(12-23-19)24-20(26)21(27)25-10-9-14(13-25)18-2-1-11-28-18/h1-8,11-12,14H,9-10,13H2,(H,24,26)/t14-/m1/s1. The van der Waals surface area contributed by atoms with Crippen LogP contribution in [0.4, 0.5) is 10.1 Å². The van der Waals surface area contributed by atoms with Gasteiger partial charge in [0.25, 0.3) is 0 Å². The second kappa shape index (κ2) is 8.14. The first-order chi connectivity index (χ1) is 14.1. The minimum atomic E-state index is -0.723. The smallest absolute Gasteiger partial charge is 0.313 e. The number of likely N-dealkylation sites (tertiary alicyclic amines) is 1. The predicted molar refractivity (Wildman–Crippen MR) is 102 cm³/mol. The Morgan fingerprint density at radius 1 is 1.17 bits per heavy atom. The molecule has 2 amide bonds. The molecule has 29 heavy (non-hydrogen) atoms. The molecule has 2 aromatic heterocycles. The van der Waals surface area contributed by atoms with E-state index in [2.05, 4.69) is 10.3 Å². The topological polar surface area (TPSA) is 84.7 Å². The number of carbonyl (C=O) groups excluding carboxylic acids is 2. The molecule has 0 unspecified atom stereocenters. The van der Waals surface area contributed by atoms with Gasteiger partial charge >= 0.3 is 11.8 Å². The van der Waals surface area contributed by atoms with Gasteiger partial charge in [-0.3, -0.25) is 9.59 Å². The van der Waals surface area contributed by atoms with Crippen LogP contribution >= 0.6 is 0 Å². The van der Waals surface area contributed by atoms with Crippen molar-refractivity contribution in [2.75, 3.05) is 18.4 Å². The Balaban J connectivity index is 1.32. The molecule has 1 atom stereocenters. The van der Waals surface area contributed by atoms with E-state index >= 15 is 0 Å². The second-order valence-electron chi connectivity index (χ2n) is 6.65. The number of halogens is 1. The van der Waals surface area contributed by atoms with Gasteiger partial charge in [0.1, 0.15) is 17.3 Å². The molecule has 0 aliphatic carbocycles. The van der Waals surface area contributed by atoms with Crippen molar-refractivity contribution in [1.29, 1.82) is 0 Å². The third-order valence-electron chi connectivity index (χ3n) is 4.65. The van der Waals surface area contributed by atoms with Crippen LogP contribution in [-0.2, 0) is 9.59 Å². The monoisotopic (exact) mass is 395 g/mol. The van der Waals surface area contributed by atoms with Gasteiger partial charge in [0.15, 0.2) is 0 Å². The zero-order valence-electron chi connectivity index (χ0n) is 15.4. The fraction of sp³-hybridized carbons (Fsp3) is 0.190. The van der Waals surface area contributed by atoms with Crippen LogP contribution < -0.4 is 10.1 Å². The molecular weight excluding hydrogens is 377 g/mol. The molecule has 3 heterocycles. The molecule has 0 bridgehead atoms. The average Bonchev–Trinajstić information content (AvgIpc) is 3.42. The fourth-order valence-electron chi connectivity index (χ4n) is 3.17. The van der Waals surface area contributed by atoms with E-state index in [0.717, 1.165) is 12.2 Å². The molecule has 7 nitrogen and oxygen atoms in total. The lowest BCUT2D eigenvalue weighted by Crippen LogP contribution is -2.38. The van der Waals surface area contributed by atoms with E-state index in [1.54, 1.807) is 18.4 Å². The predicted octanol–water partition coefficient (Wildman–Crippen LogP) is 3.56. The van der Waals surface area contributed by atoms with E-state index < -0.39 is 11.8 Å². The lowest BCUT2D eigenvalue weighted by atomic mass is 10.1. The van der Waals surface area contributed by atoms with Crippen molar-refractivity contribution in [1.82, 2.24) is 9.88 Å². The molecule has 0 saturated carbocycles. The van der Waals surface area contributed by atoms with Gasteiger partial charge in [-0.25, -0.2) is 9.37 Å². The van der Waals surface area contributed by atoms with Crippen molar-refractivity contribution in [2.24, 2.45) is 0 Å². The molecule has 1 fully saturated rings. The number of pyridine rings is 1. The quantitative estimate of drug-likeness (QED) is 0.683. The van der Waals surface area contributed by atoms with Gasteiger partial charge in [0.05, 0.1) is 18.1 Å². The van der Waals surface area contributed by atoms with Gasteiger partial charge in [-0.1, -0.05) is 0 Å². The molecule has 4 rings (SSSR count). The Kier molecular flexibility index (Phi) is 5.24. The average molecular weight is 395 g/mol. The van der Waals surface area contributed by atoms with Gasteiger partial charge in [0, 0.05) is 25.1 Å². The third-order valence-corrected chi connectivity index (χ3v) is 4.65. The molecule has 1 aliphatic heterocycles. The highest BCUT2D eigenvalue weighted by Crippen LogP contribution is 2.27. The number of hydrogen-bond donors (Lipinski definition) is 1. The SMILES string of the molecule is O=C(Nc1ccc(Oc2ccc(F)cc2)nc1)C(=O)N1CC[C@@H](c2ccco2)C1. The Morgan fingerprint density at radius 3 is 2.69 bits per heavy atom. The second-order valence-corrected chi connectivity index (χ2v) is 6.65. The zero-order valence-corrected chi connectivity index (χ0v) is 15.4. The van der Waals surface area contributed by atoms with Gasteiger partial charge in [-0.15, -0.1) is 0 Å². The Hall–Kier alpha value is -3.68. The van der Waals surface area contributed by atoms with Crippen molar-refractivity contribution in [3.05, 3.63) is 72.6 Å². The number of nitrogens with zero attached hydrogens (tertiary/aromatic N) is 2. The van der Waals surface area contributed by atoms with E-state index in [-0.39, 0.29) is 17.6 Å². The maximum Gasteiger partial charge on any atom is 0.313 e. The van der Waals surface area contributed by atoms with Crippen molar-refractivity contribution in [3.8, 4) is 11.6 Å². The summed E-state index contributed by atoms with van der Waals surface area (Å²) in [4.78, 5) is 30.3. The third kappa shape index (κ3) is 4.43. The minimum Gasteiger partial charge on any atom is -0.469 e. The van der Waals surface area contributed by atoms with E-state index in [9.17, 15) is 14.0 Å². The number of aromatic nitrogens is 1. The normalized spacial score (nSPS) is 15.9. The van der Waals surface area contributed by atoms with Gasteiger partial charge in [-0.2, -0.15) is 0 Å². The number of amides is 2. The largest absolute Gasteiger partial charge is 0.469 e. The number of hydrogen-bond acceptors (Lipinski definition) is 5. The summed E-state index contributed by atoms with van der Waals surface area (Å²) in [6, 6.07) is 12.3. The van der Waals surface area contributed by atoms with Crippen LogP contribution in [0, 0.1) is 5.82 Å². The summed E-state index contributed by atoms with van der Waals surface area (Å²) in [5.41, 5.74) is 0.372. The number of anilines is 1. The van der Waals surface area contributed by atoms with Crippen LogP contribution in [0.3, 0.4) is 0 Å². The highest BCUT2D eigenvalue weighted by atomic mass is 19.1. The number of carbonyl (C=O) groups is 2. The van der Waals surface area contributed by atoms with Gasteiger partial charge in [-0.05, 0) is 48.9 Å². The molecule has 3 aromatic rings. The Labute approximate surface area is 166 Å². The maximum atomic E-state index is 12.9. The summed E-state index contributed by atoms with van der Waals surface area (Å²) in [6.45, 7) is 0.947. The van der Waals surface area contributed by atoms with Crippen LogP contribution in [-0.4, -0.2) is 34.8 Å². The molecule has 0 radical (unpaired) electrons. The van der Waals surface area contributed by atoms with Gasteiger partial charge in [0.2, 0.25) is 5.88 Å². The number of furan rings is 1. The first-order valence-electron chi connectivity index (χ1n) is 9.11. The highest BCUT2D eigenvalue weighted by Gasteiger charge is 2.32. The molecule has 148 valence electrons. The van der Waals surface area contributed by atoms with Crippen LogP contribution in [0.5, 0.6) is 11.6 Å². The summed E-state index contributed by atoms with van der Waals surface area (Å²) in [6.07, 6.45) is 3.74. The summed E-state index contributed by atoms with van der Waals surface area (Å²) >= 11 is 0. The van der Waals surface area contributed by atoms with E-state index in [4.69, 9.17) is 9.15 Å². The van der Waals surface area contributed by atoms with Crippen LogP contribution in [0.2, 0.25) is 0 Å². The molecule has 1 saturated heterocycles. The molecule has 1 aliphatic rings. The zero-order chi connectivity index (χ0) is 20.2. The molecule has 8 heteroatoms. The van der Waals surface area contributed by atoms with E-state index in [1.165, 1.54) is 35.4 Å². The summed E-state index contributed by atoms with van der Waals surface area (Å²) in [5.74, 6) is -0.0351. The summed E-state index contributed by atoms with van der Waals surface area (Å²) < 4.78 is 23.8. The Morgan fingerprint density at radius 2 is 2.00 bits per heavy atom. The van der Waals surface area contributed by atoms with Crippen molar-refractivity contribution in [3.63, 3.8) is 0 Å². The van der Waals surface area contributed by atoms with Crippen LogP contribution in [0.25, 0.3) is 0 Å². The number of benzene rings is 1.